The van der Waals surface area contributed by atoms with Gasteiger partial charge in [0.25, 0.3) is 0 Å². The molecule has 0 saturated heterocycles. The SMILES string of the molecule is CCNC(=O)[C@@H](Cc1ccccc1)N(Cc1ccc(C)cc1)C(=O)CN(c1cccc(OC)c1)S(C)(=O)=O. The predicted octanol–water partition coefficient (Wildman–Crippen LogP) is 3.55. The molecular weight excluding hydrogens is 502 g/mol. The van der Waals surface area contributed by atoms with Crippen LogP contribution in [0, 0.1) is 6.92 Å². The van der Waals surface area contributed by atoms with Crippen molar-refractivity contribution in [3.05, 3.63) is 95.6 Å². The van der Waals surface area contributed by atoms with E-state index >= 15 is 0 Å². The third kappa shape index (κ3) is 7.82. The second kappa shape index (κ2) is 13.1. The lowest BCUT2D eigenvalue weighted by Crippen LogP contribution is -2.53. The van der Waals surface area contributed by atoms with Crippen LogP contribution in [-0.4, -0.2) is 57.6 Å². The summed E-state index contributed by atoms with van der Waals surface area (Å²) >= 11 is 0. The fourth-order valence-corrected chi connectivity index (χ4v) is 4.96. The fourth-order valence-electron chi connectivity index (χ4n) is 4.12. The van der Waals surface area contributed by atoms with Crippen molar-refractivity contribution in [1.29, 1.82) is 0 Å². The van der Waals surface area contributed by atoms with E-state index in [-0.39, 0.29) is 18.9 Å². The minimum absolute atomic E-state index is 0.142. The Bertz CT molecular complexity index is 1330. The maximum Gasteiger partial charge on any atom is 0.244 e. The van der Waals surface area contributed by atoms with Crippen LogP contribution < -0.4 is 14.4 Å². The highest BCUT2D eigenvalue weighted by Crippen LogP contribution is 2.24. The van der Waals surface area contributed by atoms with E-state index in [2.05, 4.69) is 5.32 Å². The standard InChI is InChI=1S/C29H35N3O5S/c1-5-30-29(34)27(18-23-10-7-6-8-11-23)31(20-24-16-14-22(2)15-17-24)28(33)21-32(38(4,35)36)25-12-9-13-26(19-25)37-3/h6-17,19,27H,5,18,20-21H2,1-4H3,(H,30,34)/t27-/m1/s1. The van der Waals surface area contributed by atoms with E-state index in [4.69, 9.17) is 4.74 Å². The number of hydrogen-bond acceptors (Lipinski definition) is 5. The van der Waals surface area contributed by atoms with E-state index in [9.17, 15) is 18.0 Å². The van der Waals surface area contributed by atoms with Crippen LogP contribution in [0.15, 0.2) is 78.9 Å². The zero-order chi connectivity index (χ0) is 27.7. The zero-order valence-corrected chi connectivity index (χ0v) is 23.1. The zero-order valence-electron chi connectivity index (χ0n) is 22.3. The van der Waals surface area contributed by atoms with Gasteiger partial charge in [-0.15, -0.1) is 0 Å². The number of carbonyl (C=O) groups is 2. The van der Waals surface area contributed by atoms with Crippen molar-refractivity contribution in [3.8, 4) is 5.75 Å². The molecule has 0 aliphatic carbocycles. The summed E-state index contributed by atoms with van der Waals surface area (Å²) in [5.74, 6) is -0.334. The summed E-state index contributed by atoms with van der Waals surface area (Å²) < 4.78 is 31.9. The molecular formula is C29H35N3O5S. The number of ether oxygens (including phenoxy) is 1. The molecule has 0 unspecified atom stereocenters. The van der Waals surface area contributed by atoms with Crippen LogP contribution in [0.2, 0.25) is 0 Å². The van der Waals surface area contributed by atoms with E-state index in [1.165, 1.54) is 12.0 Å². The molecule has 0 aliphatic heterocycles. The number of hydrogen-bond donors (Lipinski definition) is 1. The van der Waals surface area contributed by atoms with Gasteiger partial charge in [-0.05, 0) is 37.1 Å². The Morgan fingerprint density at radius 3 is 2.24 bits per heavy atom. The Hall–Kier alpha value is -3.85. The number of sulfonamides is 1. The summed E-state index contributed by atoms with van der Waals surface area (Å²) in [6, 6.07) is 22.8. The second-order valence-corrected chi connectivity index (χ2v) is 11.0. The van der Waals surface area contributed by atoms with Gasteiger partial charge in [-0.1, -0.05) is 66.2 Å². The normalized spacial score (nSPS) is 11.9. The average molecular weight is 538 g/mol. The molecule has 3 aromatic carbocycles. The second-order valence-electron chi connectivity index (χ2n) is 9.08. The summed E-state index contributed by atoms with van der Waals surface area (Å²) in [6.07, 6.45) is 1.33. The highest BCUT2D eigenvalue weighted by molar-refractivity contribution is 7.92. The summed E-state index contributed by atoms with van der Waals surface area (Å²) in [7, 11) is -2.35. The number of nitrogens with one attached hydrogen (secondary N) is 1. The first-order valence-corrected chi connectivity index (χ1v) is 14.3. The van der Waals surface area contributed by atoms with Gasteiger partial charge >= 0.3 is 0 Å². The van der Waals surface area contributed by atoms with Crippen molar-refractivity contribution in [2.24, 2.45) is 0 Å². The van der Waals surface area contributed by atoms with Gasteiger partial charge in [-0.25, -0.2) is 8.42 Å². The molecule has 8 nitrogen and oxygen atoms in total. The van der Waals surface area contributed by atoms with E-state index < -0.39 is 28.5 Å². The maximum absolute atomic E-state index is 13.9. The van der Waals surface area contributed by atoms with Crippen LogP contribution in [0.1, 0.15) is 23.6 Å². The van der Waals surface area contributed by atoms with Crippen molar-refractivity contribution in [3.63, 3.8) is 0 Å². The average Bonchev–Trinajstić information content (AvgIpc) is 2.90. The number of methoxy groups -OCH3 is 1. The van der Waals surface area contributed by atoms with Gasteiger partial charge in [-0.3, -0.25) is 13.9 Å². The van der Waals surface area contributed by atoms with Gasteiger partial charge < -0.3 is 15.0 Å². The summed E-state index contributed by atoms with van der Waals surface area (Å²) in [5.41, 5.74) is 3.09. The minimum Gasteiger partial charge on any atom is -0.497 e. The highest BCUT2D eigenvalue weighted by atomic mass is 32.2. The number of aryl methyl sites for hydroxylation is 1. The lowest BCUT2D eigenvalue weighted by Gasteiger charge is -2.33. The van der Waals surface area contributed by atoms with Crippen LogP contribution >= 0.6 is 0 Å². The molecule has 0 heterocycles. The van der Waals surface area contributed by atoms with E-state index in [1.807, 2.05) is 68.4 Å². The lowest BCUT2D eigenvalue weighted by molar-refractivity contribution is -0.140. The first-order chi connectivity index (χ1) is 18.1. The number of carbonyl (C=O) groups excluding carboxylic acids is 2. The monoisotopic (exact) mass is 537 g/mol. The Kier molecular flexibility index (Phi) is 9.90. The molecule has 1 N–H and O–H groups in total. The largest absolute Gasteiger partial charge is 0.497 e. The van der Waals surface area contributed by atoms with Gasteiger partial charge in [0.05, 0.1) is 19.1 Å². The number of likely N-dealkylation sites (N-methyl/N-ethyl adjacent to an activating group) is 1. The van der Waals surface area contributed by atoms with Crippen LogP contribution in [0.25, 0.3) is 0 Å². The molecule has 0 saturated carbocycles. The summed E-state index contributed by atoms with van der Waals surface area (Å²) in [6.45, 7) is 3.86. The van der Waals surface area contributed by atoms with Crippen molar-refractivity contribution >= 4 is 27.5 Å². The predicted molar refractivity (Wildman–Crippen MR) is 150 cm³/mol. The molecule has 3 aromatic rings. The third-order valence-corrected chi connectivity index (χ3v) is 7.26. The Morgan fingerprint density at radius 1 is 0.947 bits per heavy atom. The molecule has 0 bridgehead atoms. The van der Waals surface area contributed by atoms with Crippen molar-refractivity contribution < 1.29 is 22.7 Å². The van der Waals surface area contributed by atoms with Crippen LogP contribution in [0.5, 0.6) is 5.75 Å². The third-order valence-electron chi connectivity index (χ3n) is 6.12. The number of amides is 2. The molecule has 2 amide bonds. The highest BCUT2D eigenvalue weighted by Gasteiger charge is 2.32. The van der Waals surface area contributed by atoms with Crippen molar-refractivity contribution in [1.82, 2.24) is 10.2 Å². The lowest BCUT2D eigenvalue weighted by atomic mass is 10.0. The Morgan fingerprint density at radius 2 is 1.63 bits per heavy atom. The summed E-state index contributed by atoms with van der Waals surface area (Å²) in [5, 5.41) is 2.85. The van der Waals surface area contributed by atoms with Gasteiger partial charge in [0, 0.05) is 25.6 Å². The number of benzene rings is 3. The fraction of sp³-hybridized carbons (Fsp3) is 0.310. The van der Waals surface area contributed by atoms with Crippen molar-refractivity contribution in [2.45, 2.75) is 32.9 Å². The van der Waals surface area contributed by atoms with Gasteiger partial charge in [0.2, 0.25) is 21.8 Å². The molecule has 0 spiro atoms. The topological polar surface area (TPSA) is 96.0 Å². The number of nitrogens with zero attached hydrogens (tertiary/aromatic N) is 2. The van der Waals surface area contributed by atoms with E-state index in [0.29, 0.717) is 18.0 Å². The van der Waals surface area contributed by atoms with Crippen LogP contribution in [0.3, 0.4) is 0 Å². The molecule has 0 radical (unpaired) electrons. The van der Waals surface area contributed by atoms with Gasteiger partial charge in [0.15, 0.2) is 0 Å². The first kappa shape index (κ1) is 28.7. The summed E-state index contributed by atoms with van der Waals surface area (Å²) in [4.78, 5) is 28.7. The molecule has 202 valence electrons. The van der Waals surface area contributed by atoms with Crippen molar-refractivity contribution in [2.75, 3.05) is 30.8 Å². The van der Waals surface area contributed by atoms with Crippen LogP contribution in [0.4, 0.5) is 5.69 Å². The van der Waals surface area contributed by atoms with Crippen LogP contribution in [-0.2, 0) is 32.6 Å². The molecule has 38 heavy (non-hydrogen) atoms. The van der Waals surface area contributed by atoms with E-state index in [1.54, 1.807) is 24.3 Å². The maximum atomic E-state index is 13.9. The van der Waals surface area contributed by atoms with E-state index in [0.717, 1.165) is 27.3 Å². The minimum atomic E-state index is -3.84. The molecule has 0 aliphatic rings. The van der Waals surface area contributed by atoms with Gasteiger partial charge in [-0.2, -0.15) is 0 Å². The smallest absolute Gasteiger partial charge is 0.244 e. The molecule has 0 aromatic heterocycles. The quantitative estimate of drug-likeness (QED) is 0.381. The molecule has 1 atom stereocenters. The molecule has 9 heteroatoms. The Labute approximate surface area is 225 Å². The first-order valence-electron chi connectivity index (χ1n) is 12.4. The van der Waals surface area contributed by atoms with Gasteiger partial charge in [0.1, 0.15) is 18.3 Å². The Balaban J connectivity index is 2.03. The number of anilines is 1. The molecule has 0 fully saturated rings. The number of rotatable bonds is 12. The molecule has 3 rings (SSSR count).